The monoisotopic (exact) mass is 1090 g/mol. The van der Waals surface area contributed by atoms with E-state index in [1.165, 1.54) is 24.2 Å². The van der Waals surface area contributed by atoms with Crippen LogP contribution in [0.5, 0.6) is 11.5 Å². The predicted molar refractivity (Wildman–Crippen MR) is 276 cm³/mol. The maximum Gasteiger partial charge on any atom is 0.317 e. The molecule has 0 aliphatic carbocycles. The Morgan fingerprint density at radius 1 is 0.744 bits per heavy atom. The number of amides is 4. The summed E-state index contributed by atoms with van der Waals surface area (Å²) in [6.07, 6.45) is 3.12. The Labute approximate surface area is 448 Å². The molecule has 24 nitrogen and oxygen atoms in total. The lowest BCUT2D eigenvalue weighted by atomic mass is 9.95. The Morgan fingerprint density at radius 3 is 1.90 bits per heavy atom. The van der Waals surface area contributed by atoms with Gasteiger partial charge in [0.05, 0.1) is 81.9 Å². The summed E-state index contributed by atoms with van der Waals surface area (Å²) in [6.45, 7) is 6.81. The van der Waals surface area contributed by atoms with E-state index in [0.29, 0.717) is 52.6 Å². The zero-order chi connectivity index (χ0) is 56.3. The van der Waals surface area contributed by atoms with E-state index in [2.05, 4.69) is 26.0 Å². The van der Waals surface area contributed by atoms with Crippen molar-refractivity contribution in [3.8, 4) is 39.6 Å². The van der Waals surface area contributed by atoms with Crippen LogP contribution in [0.1, 0.15) is 49.7 Å². The third-order valence-corrected chi connectivity index (χ3v) is 13.5. The first-order chi connectivity index (χ1) is 37.2. The van der Waals surface area contributed by atoms with Gasteiger partial charge in [0, 0.05) is 112 Å². The summed E-state index contributed by atoms with van der Waals surface area (Å²) in [5, 5.41) is 41.3. The molecule has 6 N–H and O–H groups in total. The molecule has 0 radical (unpaired) electrons. The molecular weight excluding hydrogens is 1020 g/mol. The number of rotatable bonds is 19. The average molecular weight is 1090 g/mol. The summed E-state index contributed by atoms with van der Waals surface area (Å²) >= 11 is 0. The van der Waals surface area contributed by atoms with E-state index in [9.17, 15) is 57.7 Å². The van der Waals surface area contributed by atoms with Crippen LogP contribution in [0.3, 0.4) is 0 Å². The largest absolute Gasteiger partial charge is 0.496 e. The number of ether oxygens (including phenoxy) is 3. The predicted octanol–water partition coefficient (Wildman–Crippen LogP) is 1.85. The first-order valence-corrected chi connectivity index (χ1v) is 25.4. The van der Waals surface area contributed by atoms with Gasteiger partial charge in [0.25, 0.3) is 5.91 Å². The first kappa shape index (κ1) is 58.0. The van der Waals surface area contributed by atoms with E-state index in [1.54, 1.807) is 49.6 Å². The van der Waals surface area contributed by atoms with Crippen molar-refractivity contribution in [2.75, 3.05) is 117 Å². The number of benzene rings is 2. The van der Waals surface area contributed by atoms with E-state index in [0.717, 1.165) is 18.2 Å². The van der Waals surface area contributed by atoms with Crippen LogP contribution in [0.2, 0.25) is 0 Å². The second kappa shape index (κ2) is 26.1. The molecule has 2 saturated heterocycles. The van der Waals surface area contributed by atoms with Crippen LogP contribution < -0.4 is 25.4 Å². The van der Waals surface area contributed by atoms with Gasteiger partial charge in [-0.15, -0.1) is 0 Å². The fourth-order valence-electron chi connectivity index (χ4n) is 9.51. The van der Waals surface area contributed by atoms with Gasteiger partial charge >= 0.3 is 17.9 Å². The summed E-state index contributed by atoms with van der Waals surface area (Å²) in [4.78, 5) is 101. The van der Waals surface area contributed by atoms with Gasteiger partial charge in [0.1, 0.15) is 29.7 Å². The van der Waals surface area contributed by atoms with Crippen molar-refractivity contribution in [2.45, 2.75) is 51.8 Å². The molecule has 2 fully saturated rings. The van der Waals surface area contributed by atoms with Gasteiger partial charge in [-0.2, -0.15) is 5.10 Å². The van der Waals surface area contributed by atoms with Crippen molar-refractivity contribution in [1.29, 1.82) is 0 Å². The van der Waals surface area contributed by atoms with Crippen molar-refractivity contribution < 1.29 is 71.9 Å². The van der Waals surface area contributed by atoms with E-state index < -0.39 is 65.4 Å². The molecule has 2 aromatic carbocycles. The highest BCUT2D eigenvalue weighted by Gasteiger charge is 2.39. The fraction of sp³-hybridized carbons (Fsp3) is 0.481. The zero-order valence-electron chi connectivity index (χ0n) is 43.9. The number of pyridine rings is 1. The Bertz CT molecular complexity index is 2830. The van der Waals surface area contributed by atoms with Crippen LogP contribution in [0.4, 0.5) is 14.5 Å². The van der Waals surface area contributed by atoms with Crippen LogP contribution in [0.25, 0.3) is 28.1 Å². The van der Waals surface area contributed by atoms with E-state index >= 15 is 0 Å². The average Bonchev–Trinajstić information content (AvgIpc) is 3.85. The number of aromatic nitrogens is 3. The van der Waals surface area contributed by atoms with Gasteiger partial charge in [-0.05, 0) is 51.5 Å². The lowest BCUT2D eigenvalue weighted by Crippen LogP contribution is -2.55. The van der Waals surface area contributed by atoms with Crippen molar-refractivity contribution in [3.05, 3.63) is 71.7 Å². The minimum absolute atomic E-state index is 0.0295. The van der Waals surface area contributed by atoms with Gasteiger partial charge in [-0.3, -0.25) is 58.1 Å². The summed E-state index contributed by atoms with van der Waals surface area (Å²) in [5.74, 6) is -6.02. The molecule has 0 spiro atoms. The Hall–Kier alpha value is -7.65. The molecule has 3 aliphatic rings. The number of fused-ring (bicyclic) bond motifs is 3. The number of carbonyl (C=O) groups is 7. The summed E-state index contributed by atoms with van der Waals surface area (Å²) < 4.78 is 48.5. The van der Waals surface area contributed by atoms with Crippen molar-refractivity contribution in [3.63, 3.8) is 0 Å². The lowest BCUT2D eigenvalue weighted by molar-refractivity contribution is -0.140. The van der Waals surface area contributed by atoms with Crippen LogP contribution in [0.15, 0.2) is 48.8 Å². The number of methoxy groups -OCH3 is 1. The maximum absolute atomic E-state index is 14.8. The second-order valence-corrected chi connectivity index (χ2v) is 20.0. The number of hydrogen-bond donors (Lipinski definition) is 6. The molecule has 4 aromatic rings. The number of nitrogens with zero attached hydrogens (tertiary/aromatic N) is 8. The minimum Gasteiger partial charge on any atom is -0.496 e. The molecule has 26 heteroatoms. The smallest absolute Gasteiger partial charge is 0.317 e. The highest BCUT2D eigenvalue weighted by atomic mass is 19.1. The summed E-state index contributed by atoms with van der Waals surface area (Å²) in [7, 11) is 1.46. The molecule has 78 heavy (non-hydrogen) atoms. The molecule has 1 atom stereocenters. The number of anilines is 1. The van der Waals surface area contributed by atoms with Gasteiger partial charge in [0.2, 0.25) is 17.7 Å². The van der Waals surface area contributed by atoms with Crippen molar-refractivity contribution in [2.24, 2.45) is 0 Å². The van der Waals surface area contributed by atoms with Crippen molar-refractivity contribution in [1.82, 2.24) is 49.9 Å². The summed E-state index contributed by atoms with van der Waals surface area (Å²) in [6, 6.07) is 7.48. The number of nitrogens with one attached hydrogen (secondary N) is 3. The Morgan fingerprint density at radius 2 is 1.33 bits per heavy atom. The van der Waals surface area contributed by atoms with Crippen molar-refractivity contribution >= 4 is 47.2 Å². The zero-order valence-corrected chi connectivity index (χ0v) is 43.9. The second-order valence-electron chi connectivity index (χ2n) is 20.0. The van der Waals surface area contributed by atoms with Crippen LogP contribution in [-0.4, -0.2) is 220 Å². The lowest BCUT2D eigenvalue weighted by Gasteiger charge is -2.41. The fourth-order valence-corrected chi connectivity index (χ4v) is 9.51. The SMILES string of the molecule is COc1cc2c(cc1-c1cncc(NC(=O)CNC(=O)CC[C@H](C)NC(=O)CN3CCN(CC(=O)O)CCN(CC(=O)O)CCN(CC(=O)O)CC3)c1)-c1c(c(C(=O)N3CCOCC3(C)C)nn1-c1cc(F)cc(F)c1)CO2. The number of carbonyl (C=O) groups excluding carboxylic acids is 4. The number of halogens is 2. The van der Waals surface area contributed by atoms with Crippen LogP contribution >= 0.6 is 0 Å². The molecule has 4 amide bonds. The minimum atomic E-state index is -1.07. The van der Waals surface area contributed by atoms with E-state index in [1.807, 2.05) is 13.8 Å². The van der Waals surface area contributed by atoms with Gasteiger partial charge in [-0.1, -0.05) is 0 Å². The molecule has 0 bridgehead atoms. The molecule has 7 rings (SSSR count). The molecule has 0 saturated carbocycles. The molecule has 0 unspecified atom stereocenters. The Balaban J connectivity index is 0.970. The topological polar surface area (TPSA) is 291 Å². The van der Waals surface area contributed by atoms with E-state index in [4.69, 9.17) is 14.2 Å². The molecular formula is C52H65F2N11O13. The van der Waals surface area contributed by atoms with Crippen LogP contribution in [0, 0.1) is 11.6 Å². The number of morpholine rings is 1. The van der Waals surface area contributed by atoms with Gasteiger partial charge < -0.3 is 50.4 Å². The highest BCUT2D eigenvalue weighted by molar-refractivity contribution is 5.98. The number of carboxylic acid groups (broad SMARTS) is 3. The van der Waals surface area contributed by atoms with Gasteiger partial charge in [-0.25, -0.2) is 13.5 Å². The Kier molecular flexibility index (Phi) is 19.4. The standard InChI is InChI=1S/C52H65F2N11O13/c1-32(57-45(68)26-60-7-9-61(27-46(69)70)11-13-63(29-48(73)74)14-12-62(10-8-60)28-47(71)72)5-6-43(66)56-25-44(67)58-36-17-33(23-55-24-36)38-21-39-42(22-41(38)76-4)78-30-40-49(51(75)64-15-16-77-31-52(64,2)3)59-65(50(39)40)37-19-34(53)18-35(54)20-37/h17-24,32H,5-16,25-31H2,1-4H3,(H,56,66)(H,57,68)(H,58,67)(H,69,70)(H,71,72)(H,73,74)/t32-/m0/s1. The normalized spacial score (nSPS) is 17.0. The first-order valence-electron chi connectivity index (χ1n) is 25.4. The number of aliphatic carboxylic acids is 3. The molecule has 2 aromatic heterocycles. The third kappa shape index (κ3) is 15.5. The third-order valence-electron chi connectivity index (χ3n) is 13.5. The highest BCUT2D eigenvalue weighted by Crippen LogP contribution is 2.46. The molecule has 3 aliphatic heterocycles. The maximum atomic E-state index is 14.8. The van der Waals surface area contributed by atoms with Crippen LogP contribution in [-0.2, 0) is 40.1 Å². The summed E-state index contributed by atoms with van der Waals surface area (Å²) in [5.41, 5.74) is 1.78. The molecule has 5 heterocycles. The number of carboxylic acids is 3. The quantitative estimate of drug-likeness (QED) is 0.0781. The van der Waals surface area contributed by atoms with E-state index in [-0.39, 0.29) is 128 Å². The van der Waals surface area contributed by atoms with Gasteiger partial charge in [0.15, 0.2) is 5.69 Å². The molecule has 420 valence electrons. The number of hydrogen-bond acceptors (Lipinski definition) is 16.